The molecule has 1 aromatic carbocycles. The second-order valence-corrected chi connectivity index (χ2v) is 5.23. The van der Waals surface area contributed by atoms with Gasteiger partial charge < -0.3 is 5.32 Å². The number of fused-ring (bicyclic) bond motifs is 1. The molecule has 0 bridgehead atoms. The summed E-state index contributed by atoms with van der Waals surface area (Å²) in [4.78, 5) is 12.2. The smallest absolute Gasteiger partial charge is 0.272 e. The van der Waals surface area contributed by atoms with Crippen LogP contribution in [-0.4, -0.2) is 22.6 Å². The lowest BCUT2D eigenvalue weighted by molar-refractivity contribution is 0.0948. The van der Waals surface area contributed by atoms with Crippen molar-refractivity contribution in [2.24, 2.45) is 0 Å². The molecule has 104 valence electrons. The van der Waals surface area contributed by atoms with Gasteiger partial charge in [-0.15, -0.1) is 0 Å². The molecule has 2 aromatic rings. The Morgan fingerprint density at radius 3 is 2.85 bits per heavy atom. The van der Waals surface area contributed by atoms with E-state index in [0.29, 0.717) is 12.2 Å². The number of carbonyl (C=O) groups is 1. The average molecular weight is 269 g/mol. The van der Waals surface area contributed by atoms with E-state index in [4.69, 9.17) is 0 Å². The first-order valence-corrected chi connectivity index (χ1v) is 7.23. The molecule has 1 aliphatic rings. The summed E-state index contributed by atoms with van der Waals surface area (Å²) in [6.45, 7) is 0.643. The quantitative estimate of drug-likeness (QED) is 0.894. The summed E-state index contributed by atoms with van der Waals surface area (Å²) in [5.74, 6) is -0.0552. The van der Waals surface area contributed by atoms with E-state index in [0.717, 1.165) is 36.9 Å². The summed E-state index contributed by atoms with van der Waals surface area (Å²) >= 11 is 0. The number of rotatable bonds is 4. The molecule has 1 aliphatic carbocycles. The fourth-order valence-corrected chi connectivity index (χ4v) is 2.72. The zero-order valence-corrected chi connectivity index (χ0v) is 11.5. The van der Waals surface area contributed by atoms with E-state index in [2.05, 4.69) is 27.6 Å². The Morgan fingerprint density at radius 2 is 2.00 bits per heavy atom. The van der Waals surface area contributed by atoms with E-state index in [9.17, 15) is 4.79 Å². The lowest BCUT2D eigenvalue weighted by atomic mass is 9.96. The van der Waals surface area contributed by atoms with E-state index in [1.807, 2.05) is 18.2 Å². The molecule has 2 N–H and O–H groups in total. The molecular weight excluding hydrogens is 250 g/mol. The van der Waals surface area contributed by atoms with Crippen LogP contribution in [0.5, 0.6) is 0 Å². The molecule has 4 heteroatoms. The predicted molar refractivity (Wildman–Crippen MR) is 77.7 cm³/mol. The Balaban J connectivity index is 1.58. The minimum atomic E-state index is -0.0552. The van der Waals surface area contributed by atoms with E-state index in [-0.39, 0.29) is 5.91 Å². The fourth-order valence-electron chi connectivity index (χ4n) is 2.72. The van der Waals surface area contributed by atoms with Gasteiger partial charge in [0.1, 0.15) is 0 Å². The van der Waals surface area contributed by atoms with Gasteiger partial charge in [0.05, 0.1) is 0 Å². The van der Waals surface area contributed by atoms with Gasteiger partial charge in [0.2, 0.25) is 0 Å². The van der Waals surface area contributed by atoms with Crippen molar-refractivity contribution < 1.29 is 4.79 Å². The topological polar surface area (TPSA) is 57.8 Å². The van der Waals surface area contributed by atoms with Gasteiger partial charge in [-0.25, -0.2) is 0 Å². The van der Waals surface area contributed by atoms with Crippen molar-refractivity contribution in [2.75, 3.05) is 6.54 Å². The zero-order valence-electron chi connectivity index (χ0n) is 11.5. The van der Waals surface area contributed by atoms with Gasteiger partial charge in [-0.3, -0.25) is 9.89 Å². The van der Waals surface area contributed by atoms with E-state index < -0.39 is 0 Å². The number of amides is 1. The number of H-pyrrole nitrogens is 1. The number of carbonyl (C=O) groups excluding carboxylic acids is 1. The van der Waals surface area contributed by atoms with Gasteiger partial charge in [-0.05, 0) is 37.7 Å². The van der Waals surface area contributed by atoms with Gasteiger partial charge in [0.15, 0.2) is 5.69 Å². The Bertz CT molecular complexity index is 589. The lowest BCUT2D eigenvalue weighted by Gasteiger charge is -2.11. The molecule has 0 aliphatic heterocycles. The van der Waals surface area contributed by atoms with Crippen molar-refractivity contribution in [3.63, 3.8) is 0 Å². The second kappa shape index (κ2) is 5.90. The van der Waals surface area contributed by atoms with Crippen LogP contribution >= 0.6 is 0 Å². The van der Waals surface area contributed by atoms with Crippen molar-refractivity contribution in [1.82, 2.24) is 15.5 Å². The van der Waals surface area contributed by atoms with Gasteiger partial charge in [0, 0.05) is 17.8 Å². The molecule has 3 rings (SSSR count). The maximum absolute atomic E-state index is 12.2. The van der Waals surface area contributed by atoms with Crippen LogP contribution in [0.1, 0.15) is 40.2 Å². The molecule has 4 nitrogen and oxygen atoms in total. The highest BCUT2D eigenvalue weighted by atomic mass is 16.1. The molecule has 1 aromatic heterocycles. The molecule has 0 saturated carbocycles. The molecule has 0 fully saturated rings. The summed E-state index contributed by atoms with van der Waals surface area (Å²) in [6.07, 6.45) is 5.16. The highest BCUT2D eigenvalue weighted by Crippen LogP contribution is 2.21. The van der Waals surface area contributed by atoms with E-state index in [1.165, 1.54) is 12.0 Å². The average Bonchev–Trinajstić information content (AvgIpc) is 2.92. The minimum Gasteiger partial charge on any atom is -0.350 e. The summed E-state index contributed by atoms with van der Waals surface area (Å²) < 4.78 is 0. The largest absolute Gasteiger partial charge is 0.350 e. The first-order valence-electron chi connectivity index (χ1n) is 7.23. The van der Waals surface area contributed by atoms with Crippen LogP contribution in [0.2, 0.25) is 0 Å². The third-order valence-electron chi connectivity index (χ3n) is 3.81. The minimum absolute atomic E-state index is 0.0552. The van der Waals surface area contributed by atoms with Crippen molar-refractivity contribution in [1.29, 1.82) is 0 Å². The van der Waals surface area contributed by atoms with Gasteiger partial charge >= 0.3 is 0 Å². The second-order valence-electron chi connectivity index (χ2n) is 5.23. The zero-order chi connectivity index (χ0) is 13.8. The maximum atomic E-state index is 12.2. The summed E-state index contributed by atoms with van der Waals surface area (Å²) in [7, 11) is 0. The molecule has 0 unspecified atom stereocenters. The van der Waals surface area contributed by atoms with Gasteiger partial charge in [0.25, 0.3) is 5.91 Å². The molecule has 0 atom stereocenters. The van der Waals surface area contributed by atoms with E-state index in [1.54, 1.807) is 0 Å². The van der Waals surface area contributed by atoms with Crippen molar-refractivity contribution >= 4 is 5.91 Å². The van der Waals surface area contributed by atoms with Crippen molar-refractivity contribution in [3.05, 3.63) is 52.8 Å². The monoisotopic (exact) mass is 269 g/mol. The standard InChI is InChI=1S/C16H19N3O/c20-16(17-11-10-12-6-2-1-3-7-12)15-13-8-4-5-9-14(13)18-19-15/h1-3,6-7H,4-5,8-11H2,(H,17,20)(H,18,19). The third kappa shape index (κ3) is 2.74. The third-order valence-corrected chi connectivity index (χ3v) is 3.81. The number of hydrogen-bond donors (Lipinski definition) is 2. The van der Waals surface area contributed by atoms with Gasteiger partial charge in [-0.1, -0.05) is 30.3 Å². The molecule has 20 heavy (non-hydrogen) atoms. The SMILES string of the molecule is O=C(NCCc1ccccc1)c1n[nH]c2c1CCCC2. The van der Waals surface area contributed by atoms with Crippen molar-refractivity contribution in [3.8, 4) is 0 Å². The van der Waals surface area contributed by atoms with Gasteiger partial charge in [-0.2, -0.15) is 5.10 Å². The number of aryl methyl sites for hydroxylation is 1. The molecule has 0 radical (unpaired) electrons. The van der Waals surface area contributed by atoms with Crippen molar-refractivity contribution in [2.45, 2.75) is 32.1 Å². The van der Waals surface area contributed by atoms with Crippen LogP contribution in [0.3, 0.4) is 0 Å². The van der Waals surface area contributed by atoms with Crippen LogP contribution in [0, 0.1) is 0 Å². The number of aromatic nitrogens is 2. The van der Waals surface area contributed by atoms with Crippen LogP contribution < -0.4 is 5.32 Å². The molecule has 0 saturated heterocycles. The Labute approximate surface area is 118 Å². The highest BCUT2D eigenvalue weighted by molar-refractivity contribution is 5.94. The molecular formula is C16H19N3O. The predicted octanol–water partition coefficient (Wildman–Crippen LogP) is 2.26. The van der Waals surface area contributed by atoms with Crippen LogP contribution in [0.15, 0.2) is 30.3 Å². The number of benzene rings is 1. The Kier molecular flexibility index (Phi) is 3.81. The number of nitrogens with one attached hydrogen (secondary N) is 2. The van der Waals surface area contributed by atoms with E-state index >= 15 is 0 Å². The molecule has 1 heterocycles. The van der Waals surface area contributed by atoms with Crippen LogP contribution in [0.4, 0.5) is 0 Å². The Hall–Kier alpha value is -2.10. The summed E-state index contributed by atoms with van der Waals surface area (Å²) in [5, 5.41) is 10.2. The first kappa shape index (κ1) is 12.9. The normalized spacial score (nSPS) is 13.8. The number of hydrogen-bond acceptors (Lipinski definition) is 2. The molecule has 1 amide bonds. The first-order chi connectivity index (χ1) is 9.84. The maximum Gasteiger partial charge on any atom is 0.272 e. The molecule has 0 spiro atoms. The van der Waals surface area contributed by atoms with Crippen LogP contribution in [0.25, 0.3) is 0 Å². The highest BCUT2D eigenvalue weighted by Gasteiger charge is 2.21. The lowest BCUT2D eigenvalue weighted by Crippen LogP contribution is -2.27. The summed E-state index contributed by atoms with van der Waals surface area (Å²) in [6, 6.07) is 10.2. The number of aromatic amines is 1. The van der Waals surface area contributed by atoms with Crippen LogP contribution in [-0.2, 0) is 19.3 Å². The summed E-state index contributed by atoms with van der Waals surface area (Å²) in [5.41, 5.74) is 4.09. The fraction of sp³-hybridized carbons (Fsp3) is 0.375. The Morgan fingerprint density at radius 1 is 1.20 bits per heavy atom. The number of nitrogens with zero attached hydrogens (tertiary/aromatic N) is 1.